The standard InChI is InChI=1S/C16H17N5O2S/c1-10(14-17-15(23-20-14)11-5-3-2-4-6-11)24-16-19-18-13(9-22)21(16)12-7-8-12/h2-6,10,12,22H,7-9H2,1H3. The molecule has 2 heterocycles. The minimum absolute atomic E-state index is 0.0283. The third-order valence-corrected chi connectivity index (χ3v) is 4.95. The van der Waals surface area contributed by atoms with Crippen LogP contribution in [0.1, 0.15) is 42.7 Å². The lowest BCUT2D eigenvalue weighted by atomic mass is 10.2. The highest BCUT2D eigenvalue weighted by molar-refractivity contribution is 7.99. The van der Waals surface area contributed by atoms with Gasteiger partial charge in [0, 0.05) is 11.6 Å². The topological polar surface area (TPSA) is 89.9 Å². The first-order valence-corrected chi connectivity index (χ1v) is 8.74. The molecule has 1 saturated carbocycles. The van der Waals surface area contributed by atoms with Gasteiger partial charge in [-0.05, 0) is 31.9 Å². The first kappa shape index (κ1) is 15.3. The number of rotatable bonds is 6. The van der Waals surface area contributed by atoms with Crippen LogP contribution < -0.4 is 0 Å². The Kier molecular flexibility index (Phi) is 4.07. The van der Waals surface area contributed by atoms with Crippen molar-refractivity contribution in [2.45, 2.75) is 42.8 Å². The van der Waals surface area contributed by atoms with Crippen LogP contribution in [0.15, 0.2) is 40.0 Å². The molecule has 124 valence electrons. The van der Waals surface area contributed by atoms with Crippen molar-refractivity contribution in [3.63, 3.8) is 0 Å². The van der Waals surface area contributed by atoms with E-state index < -0.39 is 0 Å². The van der Waals surface area contributed by atoms with Gasteiger partial charge in [-0.25, -0.2) is 0 Å². The van der Waals surface area contributed by atoms with Gasteiger partial charge in [-0.2, -0.15) is 4.98 Å². The number of nitrogens with zero attached hydrogens (tertiary/aromatic N) is 5. The molecule has 8 heteroatoms. The Bertz CT molecular complexity index is 828. The molecule has 1 atom stereocenters. The fourth-order valence-electron chi connectivity index (χ4n) is 2.50. The summed E-state index contributed by atoms with van der Waals surface area (Å²) in [4.78, 5) is 4.49. The molecule has 0 bridgehead atoms. The summed E-state index contributed by atoms with van der Waals surface area (Å²) in [6.45, 7) is 1.91. The van der Waals surface area contributed by atoms with E-state index in [0.29, 0.717) is 23.6 Å². The number of hydrogen-bond donors (Lipinski definition) is 1. The first-order valence-electron chi connectivity index (χ1n) is 7.86. The molecule has 1 unspecified atom stereocenters. The Balaban J connectivity index is 1.54. The molecule has 7 nitrogen and oxygen atoms in total. The molecule has 4 rings (SSSR count). The predicted octanol–water partition coefficient (Wildman–Crippen LogP) is 3.01. The van der Waals surface area contributed by atoms with Gasteiger partial charge in [0.1, 0.15) is 6.61 Å². The molecule has 0 spiro atoms. The third kappa shape index (κ3) is 2.94. The van der Waals surface area contributed by atoms with Crippen LogP contribution in [0.4, 0.5) is 0 Å². The summed E-state index contributed by atoms with van der Waals surface area (Å²) in [6, 6.07) is 10.1. The number of aliphatic hydroxyl groups is 1. The van der Waals surface area contributed by atoms with Gasteiger partial charge in [0.25, 0.3) is 5.89 Å². The van der Waals surface area contributed by atoms with Crippen LogP contribution in [0, 0.1) is 0 Å². The molecule has 2 aromatic heterocycles. The summed E-state index contributed by atoms with van der Waals surface area (Å²) in [5, 5.41) is 22.6. The Morgan fingerprint density at radius 2 is 2.08 bits per heavy atom. The van der Waals surface area contributed by atoms with Crippen molar-refractivity contribution in [1.82, 2.24) is 24.9 Å². The smallest absolute Gasteiger partial charge is 0.257 e. The quantitative estimate of drug-likeness (QED) is 0.688. The van der Waals surface area contributed by atoms with E-state index in [9.17, 15) is 5.11 Å². The number of aromatic nitrogens is 5. The zero-order valence-electron chi connectivity index (χ0n) is 13.2. The van der Waals surface area contributed by atoms with Crippen LogP contribution in [0.2, 0.25) is 0 Å². The second-order valence-electron chi connectivity index (χ2n) is 5.74. The van der Waals surface area contributed by atoms with Gasteiger partial charge in [0.2, 0.25) is 0 Å². The summed E-state index contributed by atoms with van der Waals surface area (Å²) in [5.41, 5.74) is 0.900. The lowest BCUT2D eigenvalue weighted by molar-refractivity contribution is 0.263. The molecular weight excluding hydrogens is 326 g/mol. The Morgan fingerprint density at radius 1 is 1.29 bits per heavy atom. The number of aliphatic hydroxyl groups excluding tert-OH is 1. The van der Waals surface area contributed by atoms with Gasteiger partial charge >= 0.3 is 0 Å². The fourth-order valence-corrected chi connectivity index (χ4v) is 3.48. The van der Waals surface area contributed by atoms with Crippen LogP contribution in [0.5, 0.6) is 0 Å². The van der Waals surface area contributed by atoms with Crippen molar-refractivity contribution in [3.05, 3.63) is 42.0 Å². The minimum Gasteiger partial charge on any atom is -0.388 e. The molecule has 1 fully saturated rings. The predicted molar refractivity (Wildman–Crippen MR) is 88.2 cm³/mol. The maximum absolute atomic E-state index is 9.42. The zero-order valence-corrected chi connectivity index (χ0v) is 14.0. The van der Waals surface area contributed by atoms with Crippen LogP contribution in [0.25, 0.3) is 11.5 Å². The molecular formula is C16H17N5O2S. The molecule has 3 aromatic rings. The molecule has 0 radical (unpaired) electrons. The Labute approximate surface area is 143 Å². The van der Waals surface area contributed by atoms with E-state index in [1.807, 2.05) is 41.8 Å². The normalized spacial score (nSPS) is 15.6. The van der Waals surface area contributed by atoms with Crippen LogP contribution in [-0.2, 0) is 6.61 Å². The lowest BCUT2D eigenvalue weighted by Crippen LogP contribution is -2.04. The molecule has 1 aliphatic carbocycles. The van der Waals surface area contributed by atoms with Crippen molar-refractivity contribution < 1.29 is 9.63 Å². The highest BCUT2D eigenvalue weighted by Crippen LogP contribution is 2.41. The molecule has 1 aromatic carbocycles. The van der Waals surface area contributed by atoms with Gasteiger partial charge in [0.05, 0.1) is 5.25 Å². The van der Waals surface area contributed by atoms with Crippen molar-refractivity contribution >= 4 is 11.8 Å². The van der Waals surface area contributed by atoms with Gasteiger partial charge in [-0.15, -0.1) is 10.2 Å². The average molecular weight is 343 g/mol. The van der Waals surface area contributed by atoms with Crippen molar-refractivity contribution in [3.8, 4) is 11.5 Å². The lowest BCUT2D eigenvalue weighted by Gasteiger charge is -2.09. The van der Waals surface area contributed by atoms with E-state index in [4.69, 9.17) is 4.52 Å². The molecule has 0 saturated heterocycles. The second kappa shape index (κ2) is 6.37. The highest BCUT2D eigenvalue weighted by atomic mass is 32.2. The first-order chi connectivity index (χ1) is 11.8. The second-order valence-corrected chi connectivity index (χ2v) is 7.05. The molecule has 24 heavy (non-hydrogen) atoms. The van der Waals surface area contributed by atoms with E-state index >= 15 is 0 Å². The molecule has 0 amide bonds. The summed E-state index contributed by atoms with van der Waals surface area (Å²) in [5.74, 6) is 1.75. The maximum Gasteiger partial charge on any atom is 0.257 e. The summed E-state index contributed by atoms with van der Waals surface area (Å²) < 4.78 is 7.40. The van der Waals surface area contributed by atoms with Crippen molar-refractivity contribution in [2.24, 2.45) is 0 Å². The van der Waals surface area contributed by atoms with E-state index in [1.54, 1.807) is 0 Å². The molecule has 0 aliphatic heterocycles. The van der Waals surface area contributed by atoms with Crippen LogP contribution >= 0.6 is 11.8 Å². The average Bonchev–Trinajstić information content (AvgIpc) is 3.18. The fraction of sp³-hybridized carbons (Fsp3) is 0.375. The summed E-state index contributed by atoms with van der Waals surface area (Å²) in [7, 11) is 0. The number of benzene rings is 1. The van der Waals surface area contributed by atoms with E-state index in [0.717, 1.165) is 23.6 Å². The van der Waals surface area contributed by atoms with Crippen LogP contribution in [-0.4, -0.2) is 30.0 Å². The SMILES string of the molecule is CC(Sc1nnc(CO)n1C1CC1)c1noc(-c2ccccc2)n1. The number of thioether (sulfide) groups is 1. The van der Waals surface area contributed by atoms with Gasteiger partial charge in [0.15, 0.2) is 16.8 Å². The van der Waals surface area contributed by atoms with Gasteiger partial charge in [-0.3, -0.25) is 0 Å². The largest absolute Gasteiger partial charge is 0.388 e. The minimum atomic E-state index is -0.0984. The van der Waals surface area contributed by atoms with Crippen molar-refractivity contribution in [2.75, 3.05) is 0 Å². The van der Waals surface area contributed by atoms with Gasteiger partial charge < -0.3 is 14.2 Å². The van der Waals surface area contributed by atoms with Crippen LogP contribution in [0.3, 0.4) is 0 Å². The highest BCUT2D eigenvalue weighted by Gasteiger charge is 2.30. The zero-order chi connectivity index (χ0) is 16.5. The van der Waals surface area contributed by atoms with E-state index in [1.165, 1.54) is 11.8 Å². The summed E-state index contributed by atoms with van der Waals surface area (Å²) >= 11 is 1.53. The molecule has 1 aliphatic rings. The maximum atomic E-state index is 9.42. The van der Waals surface area contributed by atoms with E-state index in [2.05, 4.69) is 20.3 Å². The summed E-state index contributed by atoms with van der Waals surface area (Å²) in [6.07, 6.45) is 2.21. The Morgan fingerprint density at radius 3 is 2.79 bits per heavy atom. The van der Waals surface area contributed by atoms with E-state index in [-0.39, 0.29) is 11.9 Å². The number of hydrogen-bond acceptors (Lipinski definition) is 7. The molecule has 1 N–H and O–H groups in total. The monoisotopic (exact) mass is 343 g/mol. The Hall–Kier alpha value is -2.19. The third-order valence-electron chi connectivity index (χ3n) is 3.90. The van der Waals surface area contributed by atoms with Gasteiger partial charge in [-0.1, -0.05) is 35.1 Å². The van der Waals surface area contributed by atoms with Crippen molar-refractivity contribution in [1.29, 1.82) is 0 Å².